The number of piperidine rings is 1. The van der Waals surface area contributed by atoms with E-state index in [0.717, 1.165) is 36.6 Å². The van der Waals surface area contributed by atoms with Crippen LogP contribution in [0.5, 0.6) is 5.75 Å². The number of halogens is 2. The Balaban J connectivity index is 1.17. The summed E-state index contributed by atoms with van der Waals surface area (Å²) in [7, 11) is 2.04. The third kappa shape index (κ3) is 3.18. The van der Waals surface area contributed by atoms with Crippen LogP contribution in [0.4, 0.5) is 0 Å². The molecule has 2 fully saturated rings. The molecule has 1 aliphatic heterocycles. The molecule has 0 spiro atoms. The van der Waals surface area contributed by atoms with Crippen LogP contribution in [-0.4, -0.2) is 39.1 Å². The Morgan fingerprint density at radius 1 is 1.19 bits per heavy atom. The predicted octanol–water partition coefficient (Wildman–Crippen LogP) is 4.03. The Kier molecular flexibility index (Phi) is 4.26. The normalized spacial score (nSPS) is 24.3. The first kappa shape index (κ1) is 17.3. The lowest BCUT2D eigenvalue weighted by molar-refractivity contribution is 0.226. The molecule has 1 saturated heterocycles. The Hall–Kier alpha value is -1.82. The predicted molar refractivity (Wildman–Crippen MR) is 106 cm³/mol. The third-order valence-corrected chi connectivity index (χ3v) is 6.40. The molecule has 0 N–H and O–H groups in total. The second-order valence-electron chi connectivity index (χ2n) is 7.50. The van der Waals surface area contributed by atoms with Gasteiger partial charge in [-0.2, -0.15) is 0 Å². The maximum absolute atomic E-state index is 6.18. The number of fused-ring (bicyclic) bond motifs is 2. The zero-order chi connectivity index (χ0) is 18.5. The average molecular weight is 403 g/mol. The Morgan fingerprint density at radius 3 is 2.78 bits per heavy atom. The van der Waals surface area contributed by atoms with Gasteiger partial charge in [0.15, 0.2) is 5.65 Å². The van der Waals surface area contributed by atoms with Crippen molar-refractivity contribution in [2.45, 2.75) is 6.54 Å². The largest absolute Gasteiger partial charge is 0.492 e. The summed E-state index contributed by atoms with van der Waals surface area (Å²) in [4.78, 5) is 11.6. The molecule has 2 aromatic heterocycles. The van der Waals surface area contributed by atoms with E-state index in [-0.39, 0.29) is 0 Å². The molecule has 27 heavy (non-hydrogen) atoms. The average Bonchev–Trinajstić information content (AvgIpc) is 2.98. The van der Waals surface area contributed by atoms with Gasteiger partial charge in [-0.3, -0.25) is 4.90 Å². The standard InChI is InChI=1S/C20H20Cl2N4O/c1-25-19(24-17-3-2-6-23-20(17)25)10-26-8-13-14(9-26)15(13)11-27-18-7-12(21)4-5-16(18)22/h2-7,13-15H,8-11H2,1H3/t13-,14+,15?. The lowest BCUT2D eigenvalue weighted by Gasteiger charge is -2.19. The van der Waals surface area contributed by atoms with Crippen LogP contribution in [0.2, 0.25) is 10.0 Å². The number of ether oxygens (including phenoxy) is 1. The van der Waals surface area contributed by atoms with Gasteiger partial charge in [0.05, 0.1) is 18.2 Å². The van der Waals surface area contributed by atoms with Gasteiger partial charge < -0.3 is 9.30 Å². The summed E-state index contributed by atoms with van der Waals surface area (Å²) >= 11 is 12.2. The lowest BCUT2D eigenvalue weighted by Crippen LogP contribution is -2.26. The molecule has 1 saturated carbocycles. The van der Waals surface area contributed by atoms with Crippen molar-refractivity contribution in [3.05, 3.63) is 52.4 Å². The van der Waals surface area contributed by atoms with Gasteiger partial charge in [-0.15, -0.1) is 0 Å². The van der Waals surface area contributed by atoms with E-state index in [0.29, 0.717) is 40.2 Å². The van der Waals surface area contributed by atoms with E-state index < -0.39 is 0 Å². The van der Waals surface area contributed by atoms with E-state index >= 15 is 0 Å². The van der Waals surface area contributed by atoms with Crippen molar-refractivity contribution in [2.24, 2.45) is 24.8 Å². The fourth-order valence-electron chi connectivity index (χ4n) is 4.30. The molecular formula is C20H20Cl2N4O. The maximum atomic E-state index is 6.18. The van der Waals surface area contributed by atoms with E-state index in [1.165, 1.54) is 0 Å². The van der Waals surface area contributed by atoms with Crippen LogP contribution in [-0.2, 0) is 13.6 Å². The van der Waals surface area contributed by atoms with Gasteiger partial charge in [-0.05, 0) is 36.1 Å². The zero-order valence-corrected chi connectivity index (χ0v) is 16.5. The second kappa shape index (κ2) is 6.66. The summed E-state index contributed by atoms with van der Waals surface area (Å²) in [5.74, 6) is 3.77. The van der Waals surface area contributed by atoms with Crippen molar-refractivity contribution >= 4 is 34.4 Å². The van der Waals surface area contributed by atoms with Crippen LogP contribution >= 0.6 is 23.2 Å². The van der Waals surface area contributed by atoms with Crippen molar-refractivity contribution in [2.75, 3.05) is 19.7 Å². The fourth-order valence-corrected chi connectivity index (χ4v) is 4.63. The molecule has 1 unspecified atom stereocenters. The van der Waals surface area contributed by atoms with Gasteiger partial charge in [0.2, 0.25) is 0 Å². The minimum absolute atomic E-state index is 0.610. The quantitative estimate of drug-likeness (QED) is 0.645. The van der Waals surface area contributed by atoms with Crippen molar-refractivity contribution in [3.63, 3.8) is 0 Å². The molecule has 3 heterocycles. The monoisotopic (exact) mass is 402 g/mol. The topological polar surface area (TPSA) is 43.2 Å². The highest BCUT2D eigenvalue weighted by molar-refractivity contribution is 6.34. The van der Waals surface area contributed by atoms with Gasteiger partial charge in [0, 0.05) is 43.3 Å². The van der Waals surface area contributed by atoms with E-state index in [1.54, 1.807) is 18.2 Å². The van der Waals surface area contributed by atoms with Crippen molar-refractivity contribution in [1.29, 1.82) is 0 Å². The van der Waals surface area contributed by atoms with Crippen LogP contribution in [0.3, 0.4) is 0 Å². The van der Waals surface area contributed by atoms with Crippen LogP contribution in [0, 0.1) is 17.8 Å². The smallest absolute Gasteiger partial charge is 0.159 e. The van der Waals surface area contributed by atoms with Gasteiger partial charge >= 0.3 is 0 Å². The molecule has 1 aromatic carbocycles. The van der Waals surface area contributed by atoms with Crippen LogP contribution in [0.1, 0.15) is 5.82 Å². The van der Waals surface area contributed by atoms with Gasteiger partial charge in [-0.1, -0.05) is 23.2 Å². The number of hydrogen-bond acceptors (Lipinski definition) is 4. The first-order valence-corrected chi connectivity index (χ1v) is 9.92. The summed E-state index contributed by atoms with van der Waals surface area (Å²) in [6.07, 6.45) is 1.82. The summed E-state index contributed by atoms with van der Waals surface area (Å²) in [6, 6.07) is 9.29. The summed E-state index contributed by atoms with van der Waals surface area (Å²) in [6.45, 7) is 3.77. The number of imidazole rings is 1. The van der Waals surface area contributed by atoms with E-state index in [2.05, 4.69) is 14.5 Å². The fraction of sp³-hybridized carbons (Fsp3) is 0.400. The number of aryl methyl sites for hydroxylation is 1. The molecule has 0 amide bonds. The van der Waals surface area contributed by atoms with E-state index in [9.17, 15) is 0 Å². The van der Waals surface area contributed by atoms with Gasteiger partial charge in [-0.25, -0.2) is 9.97 Å². The summed E-state index contributed by atoms with van der Waals surface area (Å²) in [5, 5.41) is 1.26. The third-order valence-electron chi connectivity index (χ3n) is 5.86. The van der Waals surface area contributed by atoms with Crippen molar-refractivity contribution in [1.82, 2.24) is 19.4 Å². The molecule has 0 bridgehead atoms. The Bertz CT molecular complexity index is 993. The van der Waals surface area contributed by atoms with Crippen molar-refractivity contribution in [3.8, 4) is 5.75 Å². The molecule has 0 radical (unpaired) electrons. The van der Waals surface area contributed by atoms with Gasteiger partial charge in [0.1, 0.15) is 17.1 Å². The molecule has 140 valence electrons. The van der Waals surface area contributed by atoms with Crippen LogP contribution < -0.4 is 4.74 Å². The van der Waals surface area contributed by atoms with E-state index in [1.807, 2.05) is 25.4 Å². The highest BCUT2D eigenvalue weighted by Crippen LogP contribution is 2.52. The highest BCUT2D eigenvalue weighted by atomic mass is 35.5. The number of hydrogen-bond donors (Lipinski definition) is 0. The molecule has 5 rings (SSSR count). The van der Waals surface area contributed by atoms with Crippen molar-refractivity contribution < 1.29 is 4.74 Å². The number of rotatable bonds is 5. The molecule has 7 heteroatoms. The van der Waals surface area contributed by atoms with Crippen LogP contribution in [0.15, 0.2) is 36.5 Å². The Morgan fingerprint density at radius 2 is 2.00 bits per heavy atom. The summed E-state index contributed by atoms with van der Waals surface area (Å²) in [5.41, 5.74) is 1.91. The lowest BCUT2D eigenvalue weighted by atomic mass is 10.2. The minimum atomic E-state index is 0.610. The van der Waals surface area contributed by atoms with Gasteiger partial charge in [0.25, 0.3) is 0 Å². The maximum Gasteiger partial charge on any atom is 0.159 e. The molecule has 3 atom stereocenters. The summed E-state index contributed by atoms with van der Waals surface area (Å²) < 4.78 is 8.03. The molecule has 5 nitrogen and oxygen atoms in total. The van der Waals surface area contributed by atoms with Crippen LogP contribution in [0.25, 0.3) is 11.2 Å². The first-order chi connectivity index (χ1) is 13.1. The Labute approximate surface area is 167 Å². The number of likely N-dealkylation sites (tertiary alicyclic amines) is 1. The molecule has 2 aliphatic rings. The second-order valence-corrected chi connectivity index (χ2v) is 8.35. The number of pyridine rings is 1. The van der Waals surface area contributed by atoms with E-state index in [4.69, 9.17) is 32.9 Å². The zero-order valence-electron chi connectivity index (χ0n) is 15.0. The highest BCUT2D eigenvalue weighted by Gasteiger charge is 2.55. The molecule has 1 aliphatic carbocycles. The number of aromatic nitrogens is 3. The first-order valence-electron chi connectivity index (χ1n) is 9.16. The molecule has 3 aromatic rings. The number of nitrogens with zero attached hydrogens (tertiary/aromatic N) is 4. The minimum Gasteiger partial charge on any atom is -0.492 e. The number of benzene rings is 1. The molecular weight excluding hydrogens is 383 g/mol. The SMILES string of the molecule is Cn1c(CN2C[C@@H]3C(COc4cc(Cl)ccc4Cl)[C@@H]3C2)nc2cccnc21.